The van der Waals surface area contributed by atoms with Gasteiger partial charge in [0, 0.05) is 42.5 Å². The van der Waals surface area contributed by atoms with Crippen molar-refractivity contribution in [2.24, 2.45) is 0 Å². The van der Waals surface area contributed by atoms with Gasteiger partial charge < -0.3 is 10.2 Å². The lowest BCUT2D eigenvalue weighted by atomic mass is 10.00. The van der Waals surface area contributed by atoms with Crippen LogP contribution in [0.5, 0.6) is 0 Å². The van der Waals surface area contributed by atoms with Crippen molar-refractivity contribution in [3.05, 3.63) is 75.9 Å². The molecule has 1 aromatic carbocycles. The Morgan fingerprint density at radius 3 is 2.73 bits per heavy atom. The maximum absolute atomic E-state index is 13.1. The zero-order valence-corrected chi connectivity index (χ0v) is 17.4. The molecule has 0 fully saturated rings. The van der Waals surface area contributed by atoms with E-state index in [1.165, 1.54) is 0 Å². The first-order chi connectivity index (χ1) is 14.5. The molecule has 1 N–H and O–H groups in total. The minimum atomic E-state index is -0.131. The number of nitriles is 1. The second-order valence-corrected chi connectivity index (χ2v) is 7.74. The van der Waals surface area contributed by atoms with Gasteiger partial charge in [0.1, 0.15) is 0 Å². The van der Waals surface area contributed by atoms with Crippen molar-refractivity contribution in [3.8, 4) is 6.07 Å². The SMILES string of the molecule is Cc1nn(Cc2ccc(C#N)cc2)c(C)c1NC(=O)c1ccnc2c1CN(C)CC2. The molecular weight excluding hydrogens is 376 g/mol. The summed E-state index contributed by atoms with van der Waals surface area (Å²) in [5, 5.41) is 16.6. The standard InChI is InChI=1S/C23H24N6O/c1-15-22(16(2)29(27-15)13-18-6-4-17(12-24)5-7-18)26-23(30)19-8-10-25-21-9-11-28(3)14-20(19)21/h4-8,10H,9,11,13-14H2,1-3H3,(H,26,30). The van der Waals surface area contributed by atoms with Gasteiger partial charge in [-0.2, -0.15) is 10.4 Å². The lowest BCUT2D eigenvalue weighted by Gasteiger charge is -2.25. The van der Waals surface area contributed by atoms with Crippen LogP contribution < -0.4 is 5.32 Å². The Labute approximate surface area is 176 Å². The molecule has 0 bridgehead atoms. The molecule has 3 aromatic rings. The van der Waals surface area contributed by atoms with Gasteiger partial charge in [-0.05, 0) is 44.7 Å². The Hall–Kier alpha value is -3.50. The van der Waals surface area contributed by atoms with Crippen molar-refractivity contribution < 1.29 is 4.79 Å². The zero-order chi connectivity index (χ0) is 21.3. The fourth-order valence-corrected chi connectivity index (χ4v) is 3.86. The van der Waals surface area contributed by atoms with Gasteiger partial charge in [-0.15, -0.1) is 0 Å². The quantitative estimate of drug-likeness (QED) is 0.727. The highest BCUT2D eigenvalue weighted by molar-refractivity contribution is 6.06. The minimum Gasteiger partial charge on any atom is -0.319 e. The molecular formula is C23H24N6O. The molecule has 152 valence electrons. The number of benzene rings is 1. The third kappa shape index (κ3) is 3.82. The lowest BCUT2D eigenvalue weighted by molar-refractivity contribution is 0.102. The van der Waals surface area contributed by atoms with Crippen LogP contribution in [0.3, 0.4) is 0 Å². The first kappa shape index (κ1) is 19.8. The minimum absolute atomic E-state index is 0.131. The topological polar surface area (TPSA) is 86.8 Å². The number of carbonyl (C=O) groups is 1. The molecule has 1 aliphatic rings. The van der Waals surface area contributed by atoms with E-state index >= 15 is 0 Å². The molecule has 4 rings (SSSR count). The molecule has 0 saturated heterocycles. The van der Waals surface area contributed by atoms with Gasteiger partial charge in [0.15, 0.2) is 0 Å². The number of anilines is 1. The van der Waals surface area contributed by atoms with Crippen molar-refractivity contribution in [1.29, 1.82) is 5.26 Å². The van der Waals surface area contributed by atoms with Crippen LogP contribution in [0.4, 0.5) is 5.69 Å². The summed E-state index contributed by atoms with van der Waals surface area (Å²) >= 11 is 0. The Morgan fingerprint density at radius 2 is 2.00 bits per heavy atom. The number of pyridine rings is 1. The number of nitrogens with zero attached hydrogens (tertiary/aromatic N) is 5. The van der Waals surface area contributed by atoms with Gasteiger partial charge in [0.2, 0.25) is 0 Å². The van der Waals surface area contributed by atoms with Gasteiger partial charge in [0.25, 0.3) is 5.91 Å². The highest BCUT2D eigenvalue weighted by Gasteiger charge is 2.22. The largest absolute Gasteiger partial charge is 0.319 e. The summed E-state index contributed by atoms with van der Waals surface area (Å²) in [6, 6.07) is 11.4. The van der Waals surface area contributed by atoms with Crippen molar-refractivity contribution in [1.82, 2.24) is 19.7 Å². The first-order valence-electron chi connectivity index (χ1n) is 9.96. The summed E-state index contributed by atoms with van der Waals surface area (Å²) < 4.78 is 1.88. The van der Waals surface area contributed by atoms with Gasteiger partial charge in [-0.1, -0.05) is 12.1 Å². The molecule has 0 radical (unpaired) electrons. The van der Waals surface area contributed by atoms with Crippen LogP contribution in [0, 0.1) is 25.2 Å². The van der Waals surface area contributed by atoms with E-state index in [4.69, 9.17) is 5.26 Å². The summed E-state index contributed by atoms with van der Waals surface area (Å²) in [7, 11) is 2.05. The number of amides is 1. The molecule has 30 heavy (non-hydrogen) atoms. The van der Waals surface area contributed by atoms with E-state index in [-0.39, 0.29) is 5.91 Å². The highest BCUT2D eigenvalue weighted by Crippen LogP contribution is 2.24. The van der Waals surface area contributed by atoms with Crippen molar-refractivity contribution >= 4 is 11.6 Å². The van der Waals surface area contributed by atoms with Crippen LogP contribution in [0.2, 0.25) is 0 Å². The molecule has 0 aliphatic carbocycles. The van der Waals surface area contributed by atoms with Gasteiger partial charge in [0.05, 0.1) is 35.3 Å². The van der Waals surface area contributed by atoms with Crippen LogP contribution in [0.1, 0.15) is 44.1 Å². The second-order valence-electron chi connectivity index (χ2n) is 7.74. The monoisotopic (exact) mass is 400 g/mol. The number of fused-ring (bicyclic) bond motifs is 1. The number of aromatic nitrogens is 3. The Morgan fingerprint density at radius 1 is 1.23 bits per heavy atom. The van der Waals surface area contributed by atoms with Crippen LogP contribution in [0.25, 0.3) is 0 Å². The molecule has 1 amide bonds. The van der Waals surface area contributed by atoms with Crippen LogP contribution >= 0.6 is 0 Å². The number of carbonyl (C=O) groups excluding carboxylic acids is 1. The number of hydrogen-bond donors (Lipinski definition) is 1. The van der Waals surface area contributed by atoms with Gasteiger partial charge >= 0.3 is 0 Å². The Kier molecular flexibility index (Phi) is 5.34. The number of rotatable bonds is 4. The number of hydrogen-bond acceptors (Lipinski definition) is 5. The van der Waals surface area contributed by atoms with E-state index in [9.17, 15) is 4.79 Å². The summed E-state index contributed by atoms with van der Waals surface area (Å²) in [5.41, 5.74) is 6.76. The predicted octanol–water partition coefficient (Wildman–Crippen LogP) is 3.06. The molecule has 0 spiro atoms. The molecule has 0 atom stereocenters. The van der Waals surface area contributed by atoms with Crippen LogP contribution in [0.15, 0.2) is 36.5 Å². The molecule has 2 aromatic heterocycles. The number of nitrogens with one attached hydrogen (secondary N) is 1. The molecule has 3 heterocycles. The fraction of sp³-hybridized carbons (Fsp3) is 0.304. The fourth-order valence-electron chi connectivity index (χ4n) is 3.86. The summed E-state index contributed by atoms with van der Waals surface area (Å²) in [6.45, 7) is 6.10. The normalized spacial score (nSPS) is 13.5. The summed E-state index contributed by atoms with van der Waals surface area (Å²) in [4.78, 5) is 19.8. The van der Waals surface area contributed by atoms with E-state index < -0.39 is 0 Å². The third-order valence-electron chi connectivity index (χ3n) is 5.58. The average Bonchev–Trinajstić information content (AvgIpc) is 3.01. The summed E-state index contributed by atoms with van der Waals surface area (Å²) in [6.07, 6.45) is 2.57. The Bertz CT molecular complexity index is 1140. The number of likely N-dealkylation sites (N-methyl/N-ethyl adjacent to an activating group) is 1. The van der Waals surface area contributed by atoms with Crippen LogP contribution in [-0.2, 0) is 19.5 Å². The lowest BCUT2D eigenvalue weighted by Crippen LogP contribution is -2.30. The third-order valence-corrected chi connectivity index (χ3v) is 5.58. The maximum Gasteiger partial charge on any atom is 0.256 e. The molecule has 7 nitrogen and oxygen atoms in total. The van der Waals surface area contributed by atoms with Gasteiger partial charge in [-0.25, -0.2) is 0 Å². The van der Waals surface area contributed by atoms with E-state index in [2.05, 4.69) is 33.4 Å². The number of aryl methyl sites for hydroxylation is 1. The predicted molar refractivity (Wildman–Crippen MR) is 114 cm³/mol. The van der Waals surface area contributed by atoms with E-state index in [1.807, 2.05) is 30.7 Å². The molecule has 7 heteroatoms. The molecule has 1 aliphatic heterocycles. The second kappa shape index (κ2) is 8.09. The maximum atomic E-state index is 13.1. The highest BCUT2D eigenvalue weighted by atomic mass is 16.1. The van der Waals surface area contributed by atoms with Crippen molar-refractivity contribution in [3.63, 3.8) is 0 Å². The van der Waals surface area contributed by atoms with Crippen LogP contribution in [-0.4, -0.2) is 39.2 Å². The average molecular weight is 400 g/mol. The van der Waals surface area contributed by atoms with E-state index in [1.54, 1.807) is 24.4 Å². The smallest absolute Gasteiger partial charge is 0.256 e. The van der Waals surface area contributed by atoms with Crippen molar-refractivity contribution in [2.45, 2.75) is 33.4 Å². The first-order valence-corrected chi connectivity index (χ1v) is 9.96. The molecule has 0 saturated carbocycles. The Balaban J connectivity index is 1.57. The van der Waals surface area contributed by atoms with Gasteiger partial charge in [-0.3, -0.25) is 14.5 Å². The zero-order valence-electron chi connectivity index (χ0n) is 17.4. The van der Waals surface area contributed by atoms with E-state index in [0.717, 1.165) is 53.4 Å². The molecule has 0 unspecified atom stereocenters. The summed E-state index contributed by atoms with van der Waals surface area (Å²) in [5.74, 6) is -0.131. The van der Waals surface area contributed by atoms with E-state index in [0.29, 0.717) is 17.7 Å². The van der Waals surface area contributed by atoms with Crippen molar-refractivity contribution in [2.75, 3.05) is 18.9 Å².